The number of ether oxygens (including phenoxy) is 1. The molecule has 76 valence electrons. The third kappa shape index (κ3) is 2.38. The van der Waals surface area contributed by atoms with Crippen LogP contribution in [0.3, 0.4) is 0 Å². The monoisotopic (exact) mass is 202 g/mol. The Kier molecular flexibility index (Phi) is 3.51. The first kappa shape index (κ1) is 9.79. The van der Waals surface area contributed by atoms with E-state index < -0.39 is 0 Å². The van der Waals surface area contributed by atoms with Crippen LogP contribution < -0.4 is 0 Å². The molecule has 2 fully saturated rings. The van der Waals surface area contributed by atoms with Crippen molar-refractivity contribution in [3.8, 4) is 0 Å². The number of halogens is 1. The Balaban J connectivity index is 1.88. The van der Waals surface area contributed by atoms with Gasteiger partial charge in [0.05, 0.1) is 0 Å². The van der Waals surface area contributed by atoms with E-state index in [4.69, 9.17) is 16.3 Å². The fraction of sp³-hybridized carbons (Fsp3) is 1.00. The SMILES string of the molecule is ClC1CCCCC1C1CCCOC1. The molecule has 0 radical (unpaired) electrons. The summed E-state index contributed by atoms with van der Waals surface area (Å²) in [6, 6.07) is 0. The van der Waals surface area contributed by atoms with Crippen LogP contribution in [0.25, 0.3) is 0 Å². The molecule has 1 nitrogen and oxygen atoms in total. The Hall–Kier alpha value is 0.250. The fourth-order valence-corrected chi connectivity index (χ4v) is 3.23. The van der Waals surface area contributed by atoms with Gasteiger partial charge < -0.3 is 4.74 Å². The van der Waals surface area contributed by atoms with Gasteiger partial charge in [-0.2, -0.15) is 0 Å². The molecule has 3 unspecified atom stereocenters. The molecule has 0 aromatic rings. The zero-order valence-electron chi connectivity index (χ0n) is 8.18. The highest BCUT2D eigenvalue weighted by atomic mass is 35.5. The highest BCUT2D eigenvalue weighted by Crippen LogP contribution is 2.37. The highest BCUT2D eigenvalue weighted by molar-refractivity contribution is 6.20. The molecule has 0 aromatic heterocycles. The van der Waals surface area contributed by atoms with Gasteiger partial charge in [-0.25, -0.2) is 0 Å². The molecule has 0 amide bonds. The van der Waals surface area contributed by atoms with Crippen molar-refractivity contribution in [3.05, 3.63) is 0 Å². The molecule has 1 aliphatic heterocycles. The van der Waals surface area contributed by atoms with Crippen LogP contribution in [0.2, 0.25) is 0 Å². The van der Waals surface area contributed by atoms with Gasteiger partial charge >= 0.3 is 0 Å². The molecular weight excluding hydrogens is 184 g/mol. The van der Waals surface area contributed by atoms with Crippen LogP contribution in [0.1, 0.15) is 38.5 Å². The minimum atomic E-state index is 0.431. The van der Waals surface area contributed by atoms with Crippen LogP contribution in [0.4, 0.5) is 0 Å². The quantitative estimate of drug-likeness (QED) is 0.594. The molecule has 0 aromatic carbocycles. The van der Waals surface area contributed by atoms with Crippen molar-refractivity contribution >= 4 is 11.6 Å². The van der Waals surface area contributed by atoms with Crippen LogP contribution in [-0.4, -0.2) is 18.6 Å². The summed E-state index contributed by atoms with van der Waals surface area (Å²) in [7, 11) is 0. The van der Waals surface area contributed by atoms with Crippen molar-refractivity contribution in [1.82, 2.24) is 0 Å². The molecule has 2 heteroatoms. The summed E-state index contributed by atoms with van der Waals surface area (Å²) < 4.78 is 5.52. The van der Waals surface area contributed by atoms with Gasteiger partial charge in [0.2, 0.25) is 0 Å². The number of hydrogen-bond acceptors (Lipinski definition) is 1. The maximum Gasteiger partial charge on any atom is 0.0497 e. The third-order valence-electron chi connectivity index (χ3n) is 3.53. The van der Waals surface area contributed by atoms with Crippen molar-refractivity contribution < 1.29 is 4.74 Å². The van der Waals surface area contributed by atoms with Gasteiger partial charge in [-0.1, -0.05) is 12.8 Å². The average Bonchev–Trinajstić information content (AvgIpc) is 2.20. The zero-order valence-corrected chi connectivity index (χ0v) is 8.93. The normalized spacial score (nSPS) is 41.8. The summed E-state index contributed by atoms with van der Waals surface area (Å²) in [5, 5.41) is 0.431. The summed E-state index contributed by atoms with van der Waals surface area (Å²) in [5.41, 5.74) is 0. The summed E-state index contributed by atoms with van der Waals surface area (Å²) in [5.74, 6) is 1.51. The maximum absolute atomic E-state index is 6.36. The van der Waals surface area contributed by atoms with E-state index in [9.17, 15) is 0 Å². The van der Waals surface area contributed by atoms with Gasteiger partial charge in [-0.05, 0) is 37.5 Å². The van der Waals surface area contributed by atoms with Crippen molar-refractivity contribution in [2.75, 3.05) is 13.2 Å². The van der Waals surface area contributed by atoms with Gasteiger partial charge in [0, 0.05) is 18.6 Å². The predicted octanol–water partition coefficient (Wildman–Crippen LogP) is 3.21. The minimum Gasteiger partial charge on any atom is -0.381 e. The Morgan fingerprint density at radius 2 is 1.85 bits per heavy atom. The molecule has 13 heavy (non-hydrogen) atoms. The van der Waals surface area contributed by atoms with Crippen LogP contribution in [0, 0.1) is 11.8 Å². The lowest BCUT2D eigenvalue weighted by Gasteiger charge is -2.35. The standard InChI is InChI=1S/C11H19ClO/c12-11-6-2-1-5-10(11)9-4-3-7-13-8-9/h9-11H,1-8H2. The van der Waals surface area contributed by atoms with E-state index in [1.807, 2.05) is 0 Å². The number of alkyl halides is 1. The Morgan fingerprint density at radius 3 is 2.54 bits per heavy atom. The molecule has 0 spiro atoms. The summed E-state index contributed by atoms with van der Waals surface area (Å²) in [6.07, 6.45) is 7.85. The molecule has 1 saturated heterocycles. The smallest absolute Gasteiger partial charge is 0.0497 e. The highest BCUT2D eigenvalue weighted by Gasteiger charge is 2.31. The minimum absolute atomic E-state index is 0.431. The fourth-order valence-electron chi connectivity index (χ4n) is 2.75. The van der Waals surface area contributed by atoms with Crippen LogP contribution in [0.5, 0.6) is 0 Å². The predicted molar refractivity (Wildman–Crippen MR) is 55.1 cm³/mol. The van der Waals surface area contributed by atoms with Crippen molar-refractivity contribution in [3.63, 3.8) is 0 Å². The molecule has 3 atom stereocenters. The third-order valence-corrected chi connectivity index (χ3v) is 4.07. The Bertz CT molecular complexity index is 154. The molecule has 2 aliphatic rings. The second-order valence-electron chi connectivity index (χ2n) is 4.44. The summed E-state index contributed by atoms with van der Waals surface area (Å²) in [4.78, 5) is 0. The van der Waals surface area contributed by atoms with E-state index in [2.05, 4.69) is 0 Å². The van der Waals surface area contributed by atoms with Crippen LogP contribution in [-0.2, 0) is 4.74 Å². The Morgan fingerprint density at radius 1 is 1.00 bits per heavy atom. The van der Waals surface area contributed by atoms with Gasteiger partial charge in [0.15, 0.2) is 0 Å². The molecule has 2 rings (SSSR count). The first-order valence-corrected chi connectivity index (χ1v) is 6.03. The molecule has 1 aliphatic carbocycles. The van der Waals surface area contributed by atoms with E-state index in [0.717, 1.165) is 25.0 Å². The second-order valence-corrected chi connectivity index (χ2v) is 5.00. The van der Waals surface area contributed by atoms with E-state index in [1.54, 1.807) is 0 Å². The summed E-state index contributed by atoms with van der Waals surface area (Å²) >= 11 is 6.36. The Labute approximate surface area is 85.8 Å². The van der Waals surface area contributed by atoms with E-state index in [0.29, 0.717) is 5.38 Å². The molecule has 0 N–H and O–H groups in total. The van der Waals surface area contributed by atoms with Gasteiger partial charge in [-0.15, -0.1) is 11.6 Å². The van der Waals surface area contributed by atoms with Crippen LogP contribution in [0.15, 0.2) is 0 Å². The van der Waals surface area contributed by atoms with Crippen LogP contribution >= 0.6 is 11.6 Å². The van der Waals surface area contributed by atoms with Crippen molar-refractivity contribution in [2.45, 2.75) is 43.9 Å². The first-order valence-electron chi connectivity index (χ1n) is 5.60. The van der Waals surface area contributed by atoms with Crippen molar-refractivity contribution in [1.29, 1.82) is 0 Å². The molecule has 1 saturated carbocycles. The average molecular weight is 203 g/mol. The zero-order chi connectivity index (χ0) is 9.10. The maximum atomic E-state index is 6.36. The summed E-state index contributed by atoms with van der Waals surface area (Å²) in [6.45, 7) is 1.93. The van der Waals surface area contributed by atoms with Crippen molar-refractivity contribution in [2.24, 2.45) is 11.8 Å². The first-order chi connectivity index (χ1) is 6.38. The molecule has 1 heterocycles. The topological polar surface area (TPSA) is 9.23 Å². The number of hydrogen-bond donors (Lipinski definition) is 0. The largest absolute Gasteiger partial charge is 0.381 e. The second kappa shape index (κ2) is 4.65. The molecular formula is C11H19ClO. The lowest BCUT2D eigenvalue weighted by molar-refractivity contribution is 0.0234. The lowest BCUT2D eigenvalue weighted by atomic mass is 9.77. The van der Waals surface area contributed by atoms with Gasteiger partial charge in [0.1, 0.15) is 0 Å². The lowest BCUT2D eigenvalue weighted by Crippen LogP contribution is -2.32. The van der Waals surface area contributed by atoms with Gasteiger partial charge in [0.25, 0.3) is 0 Å². The number of rotatable bonds is 1. The van der Waals surface area contributed by atoms with Gasteiger partial charge in [-0.3, -0.25) is 0 Å². The van der Waals surface area contributed by atoms with E-state index in [-0.39, 0.29) is 0 Å². The molecule has 0 bridgehead atoms. The van der Waals surface area contributed by atoms with E-state index in [1.165, 1.54) is 38.5 Å². The van der Waals surface area contributed by atoms with E-state index >= 15 is 0 Å².